The van der Waals surface area contributed by atoms with E-state index in [-0.39, 0.29) is 6.23 Å². The fraction of sp³-hybridized carbons (Fsp3) is 0.385. The minimum Gasteiger partial charge on any atom is -0.358 e. The van der Waals surface area contributed by atoms with Crippen molar-refractivity contribution < 1.29 is 9.53 Å². The Morgan fingerprint density at radius 1 is 1.41 bits per heavy atom. The van der Waals surface area contributed by atoms with Gasteiger partial charge < -0.3 is 9.30 Å². The quantitative estimate of drug-likeness (QED) is 0.745. The van der Waals surface area contributed by atoms with Crippen LogP contribution in [0, 0.1) is 0 Å². The topological polar surface area (TPSA) is 44.1 Å². The Balaban J connectivity index is 2.02. The maximum Gasteiger partial charge on any atom is 0.150 e. The summed E-state index contributed by atoms with van der Waals surface area (Å²) >= 11 is 0. The van der Waals surface area contributed by atoms with Crippen LogP contribution >= 0.6 is 0 Å². The van der Waals surface area contributed by atoms with Gasteiger partial charge in [-0.15, -0.1) is 0 Å². The Labute approximate surface area is 99.2 Å². The lowest BCUT2D eigenvalue weighted by atomic mass is 10.1. The van der Waals surface area contributed by atoms with Gasteiger partial charge in [0.15, 0.2) is 0 Å². The van der Waals surface area contributed by atoms with Gasteiger partial charge in [0.2, 0.25) is 0 Å². The van der Waals surface area contributed by atoms with Crippen molar-refractivity contribution in [2.75, 3.05) is 6.61 Å². The van der Waals surface area contributed by atoms with Crippen molar-refractivity contribution in [2.45, 2.75) is 25.5 Å². The van der Waals surface area contributed by atoms with Crippen molar-refractivity contribution in [1.82, 2.24) is 9.55 Å². The number of carbonyl (C=O) groups excluding carboxylic acids is 1. The summed E-state index contributed by atoms with van der Waals surface area (Å²) in [5.41, 5.74) is 2.54. The van der Waals surface area contributed by atoms with Gasteiger partial charge in [0.05, 0.1) is 17.4 Å². The normalized spacial score (nSPS) is 20.6. The molecule has 1 aromatic heterocycles. The van der Waals surface area contributed by atoms with Crippen molar-refractivity contribution in [3.63, 3.8) is 0 Å². The number of aromatic nitrogens is 2. The van der Waals surface area contributed by atoms with E-state index in [1.54, 1.807) is 6.33 Å². The largest absolute Gasteiger partial charge is 0.358 e. The highest BCUT2D eigenvalue weighted by Crippen LogP contribution is 2.26. The van der Waals surface area contributed by atoms with Crippen LogP contribution in [0.5, 0.6) is 0 Å². The van der Waals surface area contributed by atoms with Gasteiger partial charge in [0, 0.05) is 12.2 Å². The molecule has 1 aliphatic rings. The van der Waals surface area contributed by atoms with Crippen LogP contribution in [-0.4, -0.2) is 22.4 Å². The standard InChI is InChI=1S/C13H14N2O2/c16-8-10-4-5-12-11(7-10)14-9-15(12)13-3-1-2-6-17-13/h4-5,7-9,13H,1-3,6H2. The number of carbonyl (C=O) groups is 1. The molecule has 0 saturated carbocycles. The molecule has 1 aromatic carbocycles. The van der Waals surface area contributed by atoms with Crippen LogP contribution < -0.4 is 0 Å². The van der Waals surface area contributed by atoms with Gasteiger partial charge in [-0.25, -0.2) is 4.98 Å². The van der Waals surface area contributed by atoms with Crippen LogP contribution in [0.4, 0.5) is 0 Å². The first-order valence-corrected chi connectivity index (χ1v) is 5.92. The lowest BCUT2D eigenvalue weighted by Crippen LogP contribution is -2.17. The molecule has 0 bridgehead atoms. The van der Waals surface area contributed by atoms with E-state index in [9.17, 15) is 4.79 Å². The molecule has 0 amide bonds. The average molecular weight is 230 g/mol. The van der Waals surface area contributed by atoms with Crippen molar-refractivity contribution in [3.05, 3.63) is 30.1 Å². The summed E-state index contributed by atoms with van der Waals surface area (Å²) < 4.78 is 7.80. The van der Waals surface area contributed by atoms with Crippen LogP contribution in [0.3, 0.4) is 0 Å². The molecule has 88 valence electrons. The van der Waals surface area contributed by atoms with Gasteiger partial charge in [-0.2, -0.15) is 0 Å². The molecule has 1 fully saturated rings. The molecule has 0 N–H and O–H groups in total. The maximum absolute atomic E-state index is 10.7. The predicted octanol–water partition coefficient (Wildman–Crippen LogP) is 2.55. The zero-order valence-electron chi connectivity index (χ0n) is 9.50. The second-order valence-electron chi connectivity index (χ2n) is 4.34. The third-order valence-corrected chi connectivity index (χ3v) is 3.20. The van der Waals surface area contributed by atoms with Gasteiger partial charge in [-0.05, 0) is 37.5 Å². The number of imidazole rings is 1. The number of nitrogens with zero attached hydrogens (tertiary/aromatic N) is 2. The van der Waals surface area contributed by atoms with E-state index in [0.717, 1.165) is 36.8 Å². The lowest BCUT2D eigenvalue weighted by Gasteiger charge is -2.24. The number of benzene rings is 1. The van der Waals surface area contributed by atoms with Crippen LogP contribution in [0.1, 0.15) is 35.8 Å². The molecule has 1 aliphatic heterocycles. The zero-order valence-corrected chi connectivity index (χ0v) is 9.50. The predicted molar refractivity (Wildman–Crippen MR) is 64.0 cm³/mol. The van der Waals surface area contributed by atoms with Gasteiger partial charge in [-0.1, -0.05) is 0 Å². The summed E-state index contributed by atoms with van der Waals surface area (Å²) in [5.74, 6) is 0. The SMILES string of the molecule is O=Cc1ccc2c(c1)ncn2C1CCCCO1. The molecule has 17 heavy (non-hydrogen) atoms. The van der Waals surface area contributed by atoms with Crippen LogP contribution in [0.2, 0.25) is 0 Å². The van der Waals surface area contributed by atoms with Crippen LogP contribution in [0.25, 0.3) is 11.0 Å². The van der Waals surface area contributed by atoms with E-state index in [2.05, 4.69) is 9.55 Å². The first kappa shape index (κ1) is 10.5. The highest BCUT2D eigenvalue weighted by atomic mass is 16.5. The number of aldehydes is 1. The molecule has 1 unspecified atom stereocenters. The summed E-state index contributed by atoms with van der Waals surface area (Å²) in [4.78, 5) is 15.0. The summed E-state index contributed by atoms with van der Waals surface area (Å²) in [6.07, 6.45) is 6.09. The molecule has 1 saturated heterocycles. The third-order valence-electron chi connectivity index (χ3n) is 3.20. The van der Waals surface area contributed by atoms with Gasteiger partial charge in [-0.3, -0.25) is 4.79 Å². The molecule has 3 rings (SSSR count). The molecule has 4 nitrogen and oxygen atoms in total. The molecule has 4 heteroatoms. The van der Waals surface area contributed by atoms with E-state index in [1.165, 1.54) is 6.42 Å². The summed E-state index contributed by atoms with van der Waals surface area (Å²) in [6, 6.07) is 5.56. The van der Waals surface area contributed by atoms with Crippen molar-refractivity contribution >= 4 is 17.3 Å². The molecular formula is C13H14N2O2. The van der Waals surface area contributed by atoms with Crippen molar-refractivity contribution in [3.8, 4) is 0 Å². The monoisotopic (exact) mass is 230 g/mol. The molecule has 0 aliphatic carbocycles. The van der Waals surface area contributed by atoms with Gasteiger partial charge in [0.25, 0.3) is 0 Å². The molecule has 0 spiro atoms. The Bertz CT molecular complexity index is 541. The fourth-order valence-electron chi connectivity index (χ4n) is 2.29. The highest BCUT2D eigenvalue weighted by molar-refractivity contribution is 5.84. The number of fused-ring (bicyclic) bond motifs is 1. The number of hydrogen-bond donors (Lipinski definition) is 0. The lowest BCUT2D eigenvalue weighted by molar-refractivity contribution is -0.0295. The number of ether oxygens (including phenoxy) is 1. The van der Waals surface area contributed by atoms with Crippen LogP contribution in [-0.2, 0) is 4.74 Å². The van der Waals surface area contributed by atoms with E-state index in [4.69, 9.17) is 4.74 Å². The molecule has 2 aromatic rings. The van der Waals surface area contributed by atoms with E-state index < -0.39 is 0 Å². The second-order valence-corrected chi connectivity index (χ2v) is 4.34. The van der Waals surface area contributed by atoms with E-state index in [0.29, 0.717) is 5.56 Å². The smallest absolute Gasteiger partial charge is 0.150 e. The first-order chi connectivity index (χ1) is 8.38. The van der Waals surface area contributed by atoms with E-state index >= 15 is 0 Å². The minimum absolute atomic E-state index is 0.0934. The number of hydrogen-bond acceptors (Lipinski definition) is 3. The molecule has 0 radical (unpaired) electrons. The minimum atomic E-state index is 0.0934. The van der Waals surface area contributed by atoms with E-state index in [1.807, 2.05) is 18.2 Å². The summed E-state index contributed by atoms with van der Waals surface area (Å²) in [7, 11) is 0. The van der Waals surface area contributed by atoms with Crippen molar-refractivity contribution in [1.29, 1.82) is 0 Å². The van der Waals surface area contributed by atoms with Gasteiger partial charge >= 0.3 is 0 Å². The van der Waals surface area contributed by atoms with Gasteiger partial charge in [0.1, 0.15) is 12.5 Å². The third kappa shape index (κ3) is 1.85. The Kier molecular flexibility index (Phi) is 2.65. The fourth-order valence-corrected chi connectivity index (χ4v) is 2.29. The highest BCUT2D eigenvalue weighted by Gasteiger charge is 2.17. The Morgan fingerprint density at radius 2 is 2.35 bits per heavy atom. The summed E-state index contributed by atoms with van der Waals surface area (Å²) in [6.45, 7) is 0.816. The Hall–Kier alpha value is -1.68. The first-order valence-electron chi connectivity index (χ1n) is 5.92. The Morgan fingerprint density at radius 3 is 3.12 bits per heavy atom. The second kappa shape index (κ2) is 4.30. The maximum atomic E-state index is 10.7. The molecule has 2 heterocycles. The zero-order chi connectivity index (χ0) is 11.7. The average Bonchev–Trinajstić information content (AvgIpc) is 2.82. The number of rotatable bonds is 2. The molecule has 1 atom stereocenters. The van der Waals surface area contributed by atoms with Crippen LogP contribution in [0.15, 0.2) is 24.5 Å². The van der Waals surface area contributed by atoms with Crippen molar-refractivity contribution in [2.24, 2.45) is 0 Å². The molecular weight excluding hydrogens is 216 g/mol. The summed E-state index contributed by atoms with van der Waals surface area (Å²) in [5, 5.41) is 0.